The van der Waals surface area contributed by atoms with E-state index in [9.17, 15) is 5.11 Å². The molecule has 0 atom stereocenters. The molecule has 0 fully saturated rings. The average molecular weight is 239 g/mol. The normalized spacial score (nSPS) is 11.3. The van der Waals surface area contributed by atoms with Crippen molar-refractivity contribution < 1.29 is 5.11 Å². The number of phenolic OH excluding ortho intramolecular Hbond substituents is 1. The summed E-state index contributed by atoms with van der Waals surface area (Å²) >= 11 is 0. The maximum Gasteiger partial charge on any atom is 0.127 e. The fourth-order valence-corrected chi connectivity index (χ4v) is 1.81. The molecule has 18 heavy (non-hydrogen) atoms. The Labute approximate surface area is 108 Å². The standard InChI is InChI=1S/C16H17NO/c1-12(2)15-10-6-7-13(16(15)18)11-17-14-8-4-3-5-9-14/h3-12,18H,1-2H3. The van der Waals surface area contributed by atoms with Crippen LogP contribution in [0.4, 0.5) is 5.69 Å². The molecule has 0 bridgehead atoms. The van der Waals surface area contributed by atoms with E-state index in [1.807, 2.05) is 48.5 Å². The maximum absolute atomic E-state index is 10.1. The second-order valence-electron chi connectivity index (χ2n) is 4.53. The molecule has 2 aromatic carbocycles. The smallest absolute Gasteiger partial charge is 0.127 e. The van der Waals surface area contributed by atoms with Crippen LogP contribution in [0.2, 0.25) is 0 Å². The minimum atomic E-state index is 0.301. The van der Waals surface area contributed by atoms with Gasteiger partial charge in [0.05, 0.1) is 5.69 Å². The largest absolute Gasteiger partial charge is 0.507 e. The van der Waals surface area contributed by atoms with Crippen LogP contribution in [-0.2, 0) is 0 Å². The number of hydrogen-bond donors (Lipinski definition) is 1. The van der Waals surface area contributed by atoms with Crippen LogP contribution < -0.4 is 0 Å². The number of aliphatic imine (C=N–C) groups is 1. The lowest BCUT2D eigenvalue weighted by atomic mass is 9.99. The number of aromatic hydroxyl groups is 1. The van der Waals surface area contributed by atoms with Crippen LogP contribution in [0.15, 0.2) is 53.5 Å². The molecule has 0 aliphatic rings. The Morgan fingerprint density at radius 3 is 2.39 bits per heavy atom. The maximum atomic E-state index is 10.1. The third-order valence-electron chi connectivity index (χ3n) is 2.83. The van der Waals surface area contributed by atoms with Crippen LogP contribution in [0, 0.1) is 0 Å². The summed E-state index contributed by atoms with van der Waals surface area (Å²) < 4.78 is 0. The molecule has 2 heteroatoms. The van der Waals surface area contributed by atoms with E-state index < -0.39 is 0 Å². The summed E-state index contributed by atoms with van der Waals surface area (Å²) in [7, 11) is 0. The third kappa shape index (κ3) is 2.77. The summed E-state index contributed by atoms with van der Waals surface area (Å²) in [5, 5.41) is 10.1. The van der Waals surface area contributed by atoms with Crippen molar-refractivity contribution in [3.8, 4) is 5.75 Å². The number of para-hydroxylation sites is 2. The van der Waals surface area contributed by atoms with Crippen LogP contribution in [0.1, 0.15) is 30.9 Å². The molecule has 0 saturated carbocycles. The van der Waals surface area contributed by atoms with Gasteiger partial charge >= 0.3 is 0 Å². The van der Waals surface area contributed by atoms with Gasteiger partial charge in [-0.2, -0.15) is 0 Å². The molecule has 1 N–H and O–H groups in total. The molecule has 0 heterocycles. The lowest BCUT2D eigenvalue weighted by Gasteiger charge is -2.09. The van der Waals surface area contributed by atoms with Crippen molar-refractivity contribution >= 4 is 11.9 Å². The summed E-state index contributed by atoms with van der Waals surface area (Å²) in [6.07, 6.45) is 1.70. The molecule has 0 aliphatic heterocycles. The zero-order valence-corrected chi connectivity index (χ0v) is 10.7. The van der Waals surface area contributed by atoms with Gasteiger partial charge in [-0.25, -0.2) is 0 Å². The van der Waals surface area contributed by atoms with Crippen LogP contribution in [-0.4, -0.2) is 11.3 Å². The predicted octanol–water partition coefficient (Wildman–Crippen LogP) is 4.27. The highest BCUT2D eigenvalue weighted by Crippen LogP contribution is 2.28. The SMILES string of the molecule is CC(C)c1cccc(C=Nc2ccccc2)c1O. The highest BCUT2D eigenvalue weighted by atomic mass is 16.3. The quantitative estimate of drug-likeness (QED) is 0.797. The zero-order valence-electron chi connectivity index (χ0n) is 10.7. The lowest BCUT2D eigenvalue weighted by molar-refractivity contribution is 0.464. The van der Waals surface area contributed by atoms with Crippen molar-refractivity contribution in [3.05, 3.63) is 59.7 Å². The fraction of sp³-hybridized carbons (Fsp3) is 0.188. The topological polar surface area (TPSA) is 32.6 Å². The summed E-state index contributed by atoms with van der Waals surface area (Å²) in [5.41, 5.74) is 2.59. The van der Waals surface area contributed by atoms with Crippen LogP contribution in [0.5, 0.6) is 5.75 Å². The van der Waals surface area contributed by atoms with E-state index in [-0.39, 0.29) is 0 Å². The Morgan fingerprint density at radius 1 is 1.00 bits per heavy atom. The molecule has 0 saturated heterocycles. The number of rotatable bonds is 3. The van der Waals surface area contributed by atoms with E-state index in [1.54, 1.807) is 6.21 Å². The van der Waals surface area contributed by atoms with Crippen LogP contribution in [0.3, 0.4) is 0 Å². The predicted molar refractivity (Wildman–Crippen MR) is 75.9 cm³/mol. The van der Waals surface area contributed by atoms with Gasteiger partial charge in [-0.1, -0.05) is 44.2 Å². The minimum absolute atomic E-state index is 0.301. The second-order valence-corrected chi connectivity index (χ2v) is 4.53. The molecule has 2 nitrogen and oxygen atoms in total. The highest BCUT2D eigenvalue weighted by molar-refractivity contribution is 5.86. The molecule has 92 valence electrons. The van der Waals surface area contributed by atoms with Gasteiger partial charge in [-0.15, -0.1) is 0 Å². The van der Waals surface area contributed by atoms with Gasteiger partial charge in [-0.05, 0) is 29.7 Å². The van der Waals surface area contributed by atoms with Gasteiger partial charge in [0.1, 0.15) is 5.75 Å². The highest BCUT2D eigenvalue weighted by Gasteiger charge is 2.08. The molecular weight excluding hydrogens is 222 g/mol. The van der Waals surface area contributed by atoms with Crippen LogP contribution in [0.25, 0.3) is 0 Å². The minimum Gasteiger partial charge on any atom is -0.507 e. The van der Waals surface area contributed by atoms with E-state index in [1.165, 1.54) is 0 Å². The number of benzene rings is 2. The van der Waals surface area contributed by atoms with Gasteiger partial charge in [0.15, 0.2) is 0 Å². The molecule has 0 aromatic heterocycles. The van der Waals surface area contributed by atoms with Crippen molar-refractivity contribution in [2.75, 3.05) is 0 Å². The third-order valence-corrected chi connectivity index (χ3v) is 2.83. The van der Waals surface area contributed by atoms with Crippen molar-refractivity contribution in [2.45, 2.75) is 19.8 Å². The molecule has 0 radical (unpaired) electrons. The van der Waals surface area contributed by atoms with Gasteiger partial charge in [-0.3, -0.25) is 4.99 Å². The first-order chi connectivity index (χ1) is 8.68. The second kappa shape index (κ2) is 5.50. The van der Waals surface area contributed by atoms with Gasteiger partial charge in [0, 0.05) is 11.8 Å². The van der Waals surface area contributed by atoms with Gasteiger partial charge < -0.3 is 5.11 Å². The molecule has 2 rings (SSSR count). The first-order valence-electron chi connectivity index (χ1n) is 6.09. The monoisotopic (exact) mass is 239 g/mol. The van der Waals surface area contributed by atoms with E-state index in [0.717, 1.165) is 16.8 Å². The lowest BCUT2D eigenvalue weighted by Crippen LogP contribution is -1.91. The molecule has 2 aromatic rings. The van der Waals surface area contributed by atoms with Crippen molar-refractivity contribution in [3.63, 3.8) is 0 Å². The molecule has 0 aliphatic carbocycles. The summed E-state index contributed by atoms with van der Waals surface area (Å²) in [5.74, 6) is 0.627. The Kier molecular flexibility index (Phi) is 3.78. The Bertz CT molecular complexity index is 544. The van der Waals surface area contributed by atoms with E-state index >= 15 is 0 Å². The van der Waals surface area contributed by atoms with Gasteiger partial charge in [0.25, 0.3) is 0 Å². The van der Waals surface area contributed by atoms with E-state index in [0.29, 0.717) is 11.7 Å². The Balaban J connectivity index is 2.30. The summed E-state index contributed by atoms with van der Waals surface area (Å²) in [6.45, 7) is 4.13. The van der Waals surface area contributed by atoms with E-state index in [2.05, 4.69) is 18.8 Å². The van der Waals surface area contributed by atoms with Gasteiger partial charge in [0.2, 0.25) is 0 Å². The fourth-order valence-electron chi connectivity index (χ4n) is 1.81. The number of nitrogens with zero attached hydrogens (tertiary/aromatic N) is 1. The molecular formula is C16H17NO. The zero-order chi connectivity index (χ0) is 13.0. The van der Waals surface area contributed by atoms with Crippen molar-refractivity contribution in [1.29, 1.82) is 0 Å². The number of hydrogen-bond acceptors (Lipinski definition) is 2. The van der Waals surface area contributed by atoms with Crippen LogP contribution >= 0.6 is 0 Å². The molecule has 0 unspecified atom stereocenters. The first kappa shape index (κ1) is 12.4. The Morgan fingerprint density at radius 2 is 1.72 bits per heavy atom. The molecule has 0 amide bonds. The van der Waals surface area contributed by atoms with E-state index in [4.69, 9.17) is 0 Å². The summed E-state index contributed by atoms with van der Waals surface area (Å²) in [4.78, 5) is 4.35. The Hall–Kier alpha value is -2.09. The van der Waals surface area contributed by atoms with Crippen molar-refractivity contribution in [2.24, 2.45) is 4.99 Å². The average Bonchev–Trinajstić information content (AvgIpc) is 2.38. The van der Waals surface area contributed by atoms with Crippen molar-refractivity contribution in [1.82, 2.24) is 0 Å². The summed E-state index contributed by atoms with van der Waals surface area (Å²) in [6, 6.07) is 15.5. The molecule has 0 spiro atoms. The number of phenols is 1. The first-order valence-corrected chi connectivity index (χ1v) is 6.09.